The maximum atomic E-state index is 13.0. The first-order valence-corrected chi connectivity index (χ1v) is 9.35. The van der Waals surface area contributed by atoms with Gasteiger partial charge in [-0.1, -0.05) is 78.5 Å². The van der Waals surface area contributed by atoms with Crippen LogP contribution in [0.4, 0.5) is 0 Å². The summed E-state index contributed by atoms with van der Waals surface area (Å²) < 4.78 is 1.19. The van der Waals surface area contributed by atoms with Gasteiger partial charge >= 0.3 is 0 Å². The van der Waals surface area contributed by atoms with Gasteiger partial charge < -0.3 is 0 Å². The summed E-state index contributed by atoms with van der Waals surface area (Å²) in [5.41, 5.74) is 1.49. The molecule has 0 radical (unpaired) electrons. The second-order valence-electron chi connectivity index (χ2n) is 5.39. The highest BCUT2D eigenvalue weighted by Crippen LogP contribution is 2.39. The number of fused-ring (bicyclic) bond motifs is 1. The highest BCUT2D eigenvalue weighted by molar-refractivity contribution is 8.01. The van der Waals surface area contributed by atoms with Crippen molar-refractivity contribution >= 4 is 39.7 Å². The van der Waals surface area contributed by atoms with E-state index in [2.05, 4.69) is 23.6 Å². The Morgan fingerprint density at radius 2 is 1.58 bits per heavy atom. The first-order chi connectivity index (χ1) is 11.8. The van der Waals surface area contributed by atoms with E-state index in [1.807, 2.05) is 60.7 Å². The number of hydrogen-bond acceptors (Lipinski definition) is 3. The molecule has 4 rings (SSSR count). The number of rotatable bonds is 4. The van der Waals surface area contributed by atoms with Gasteiger partial charge in [0.2, 0.25) is 0 Å². The molecule has 3 heteroatoms. The van der Waals surface area contributed by atoms with Crippen LogP contribution in [-0.2, 0) is 0 Å². The van der Waals surface area contributed by atoms with Crippen molar-refractivity contribution in [2.45, 2.75) is 9.10 Å². The number of carbonyl (C=O) groups is 1. The van der Waals surface area contributed by atoms with Crippen molar-refractivity contribution in [3.63, 3.8) is 0 Å². The highest BCUT2D eigenvalue weighted by Gasteiger charge is 2.17. The Balaban J connectivity index is 1.89. The summed E-state index contributed by atoms with van der Waals surface area (Å²) in [6, 6.07) is 25.8. The van der Waals surface area contributed by atoms with Crippen LogP contribution in [0.15, 0.2) is 93.3 Å². The summed E-state index contributed by atoms with van der Waals surface area (Å²) in [6.07, 6.45) is 0. The van der Waals surface area contributed by atoms with E-state index in [-0.39, 0.29) is 5.78 Å². The van der Waals surface area contributed by atoms with Crippen LogP contribution in [0.25, 0.3) is 10.8 Å². The van der Waals surface area contributed by atoms with Crippen LogP contribution in [-0.4, -0.2) is 5.78 Å². The lowest BCUT2D eigenvalue weighted by Crippen LogP contribution is -2.03. The predicted octanol–water partition coefficient (Wildman–Crippen LogP) is 6.28. The summed E-state index contributed by atoms with van der Waals surface area (Å²) in [7, 11) is 0. The third kappa shape index (κ3) is 2.88. The molecule has 116 valence electrons. The van der Waals surface area contributed by atoms with Crippen molar-refractivity contribution in [2.75, 3.05) is 0 Å². The second-order valence-corrected chi connectivity index (χ2v) is 7.65. The minimum atomic E-state index is 0.0698. The first kappa shape index (κ1) is 15.2. The maximum absolute atomic E-state index is 13.0. The molecule has 0 aliphatic heterocycles. The van der Waals surface area contributed by atoms with E-state index in [0.717, 1.165) is 26.8 Å². The molecule has 0 aliphatic rings. The lowest BCUT2D eigenvalue weighted by molar-refractivity contribution is 0.103. The fourth-order valence-electron chi connectivity index (χ4n) is 2.70. The molecule has 0 spiro atoms. The Hall–Kier alpha value is -2.36. The Bertz CT molecular complexity index is 989. The SMILES string of the molecule is O=C(c1ccccc1)c1ccc2ccccc2c1Sc1cccs1. The van der Waals surface area contributed by atoms with E-state index in [0.29, 0.717) is 0 Å². The summed E-state index contributed by atoms with van der Waals surface area (Å²) >= 11 is 3.37. The molecule has 0 aliphatic carbocycles. The third-order valence-electron chi connectivity index (χ3n) is 3.86. The number of carbonyl (C=O) groups excluding carboxylic acids is 1. The van der Waals surface area contributed by atoms with Gasteiger partial charge in [0.05, 0.1) is 4.21 Å². The minimum Gasteiger partial charge on any atom is -0.289 e. The summed E-state index contributed by atoms with van der Waals surface area (Å²) in [6.45, 7) is 0. The lowest BCUT2D eigenvalue weighted by atomic mass is 10.00. The topological polar surface area (TPSA) is 17.1 Å². The Morgan fingerprint density at radius 3 is 2.38 bits per heavy atom. The van der Waals surface area contributed by atoms with Crippen molar-refractivity contribution in [1.82, 2.24) is 0 Å². The van der Waals surface area contributed by atoms with Gasteiger partial charge in [-0.05, 0) is 28.3 Å². The summed E-state index contributed by atoms with van der Waals surface area (Å²) in [5.74, 6) is 0.0698. The molecule has 4 aromatic rings. The molecule has 24 heavy (non-hydrogen) atoms. The van der Waals surface area contributed by atoms with Crippen molar-refractivity contribution < 1.29 is 4.79 Å². The number of thiophene rings is 1. The van der Waals surface area contributed by atoms with Crippen molar-refractivity contribution in [2.24, 2.45) is 0 Å². The van der Waals surface area contributed by atoms with Gasteiger partial charge in [-0.15, -0.1) is 11.3 Å². The number of ketones is 1. The van der Waals surface area contributed by atoms with Crippen LogP contribution < -0.4 is 0 Å². The zero-order chi connectivity index (χ0) is 16.4. The zero-order valence-corrected chi connectivity index (χ0v) is 14.4. The van der Waals surface area contributed by atoms with Gasteiger partial charge in [0.1, 0.15) is 0 Å². The number of hydrogen-bond donors (Lipinski definition) is 0. The standard InChI is InChI=1S/C21H14OS2/c22-20(16-8-2-1-3-9-16)18-13-12-15-7-4-5-10-17(15)21(18)24-19-11-6-14-23-19/h1-14H. The van der Waals surface area contributed by atoms with Crippen LogP contribution >= 0.6 is 23.1 Å². The monoisotopic (exact) mass is 346 g/mol. The summed E-state index contributed by atoms with van der Waals surface area (Å²) in [4.78, 5) is 14.1. The molecule has 0 saturated carbocycles. The Labute approximate surface area is 149 Å². The van der Waals surface area contributed by atoms with Gasteiger partial charge in [0.25, 0.3) is 0 Å². The normalized spacial score (nSPS) is 10.8. The molecule has 1 aromatic heterocycles. The molecule has 1 heterocycles. The molecule has 3 aromatic carbocycles. The molecule has 0 N–H and O–H groups in total. The Kier molecular flexibility index (Phi) is 4.20. The van der Waals surface area contributed by atoms with Gasteiger partial charge in [0, 0.05) is 16.0 Å². The van der Waals surface area contributed by atoms with E-state index in [9.17, 15) is 4.79 Å². The van der Waals surface area contributed by atoms with E-state index >= 15 is 0 Å². The van der Waals surface area contributed by atoms with Crippen LogP contribution in [0.3, 0.4) is 0 Å². The highest BCUT2D eigenvalue weighted by atomic mass is 32.2. The molecule has 0 atom stereocenters. The fraction of sp³-hybridized carbons (Fsp3) is 0. The quantitative estimate of drug-likeness (QED) is 0.404. The van der Waals surface area contributed by atoms with Crippen LogP contribution in [0, 0.1) is 0 Å². The van der Waals surface area contributed by atoms with Gasteiger partial charge in [0.15, 0.2) is 5.78 Å². The molecular weight excluding hydrogens is 332 g/mol. The molecule has 0 fully saturated rings. The smallest absolute Gasteiger partial charge is 0.194 e. The van der Waals surface area contributed by atoms with Crippen molar-refractivity contribution in [3.05, 3.63) is 95.4 Å². The van der Waals surface area contributed by atoms with Crippen molar-refractivity contribution in [1.29, 1.82) is 0 Å². The number of benzene rings is 3. The van der Waals surface area contributed by atoms with Crippen molar-refractivity contribution in [3.8, 4) is 0 Å². The van der Waals surface area contributed by atoms with Gasteiger partial charge in [-0.2, -0.15) is 0 Å². The summed E-state index contributed by atoms with van der Waals surface area (Å²) in [5, 5.41) is 4.34. The van der Waals surface area contributed by atoms with Crippen LogP contribution in [0.1, 0.15) is 15.9 Å². The molecular formula is C21H14OS2. The molecule has 0 bridgehead atoms. The molecule has 0 amide bonds. The Morgan fingerprint density at radius 1 is 0.792 bits per heavy atom. The molecule has 0 saturated heterocycles. The average molecular weight is 346 g/mol. The van der Waals surface area contributed by atoms with Crippen LogP contribution in [0.5, 0.6) is 0 Å². The molecule has 1 nitrogen and oxygen atoms in total. The largest absolute Gasteiger partial charge is 0.289 e. The minimum absolute atomic E-state index is 0.0698. The van der Waals surface area contributed by atoms with E-state index in [1.54, 1.807) is 23.1 Å². The predicted molar refractivity (Wildman–Crippen MR) is 102 cm³/mol. The van der Waals surface area contributed by atoms with Gasteiger partial charge in [-0.3, -0.25) is 4.79 Å². The molecule has 0 unspecified atom stereocenters. The first-order valence-electron chi connectivity index (χ1n) is 7.66. The zero-order valence-electron chi connectivity index (χ0n) is 12.8. The van der Waals surface area contributed by atoms with E-state index in [1.165, 1.54) is 4.21 Å². The van der Waals surface area contributed by atoms with E-state index in [4.69, 9.17) is 0 Å². The third-order valence-corrected chi connectivity index (χ3v) is 6.04. The fourth-order valence-corrected chi connectivity index (χ4v) is 4.67. The maximum Gasteiger partial charge on any atom is 0.194 e. The second kappa shape index (κ2) is 6.63. The van der Waals surface area contributed by atoms with Gasteiger partial charge in [-0.25, -0.2) is 0 Å². The van der Waals surface area contributed by atoms with E-state index < -0.39 is 0 Å². The average Bonchev–Trinajstić information content (AvgIpc) is 3.15. The van der Waals surface area contributed by atoms with Crippen LogP contribution in [0.2, 0.25) is 0 Å². The lowest BCUT2D eigenvalue weighted by Gasteiger charge is -2.11.